The molecule has 0 spiro atoms. The zero-order chi connectivity index (χ0) is 14.0. The molecular formula is C15H23N3O. The number of hydrogen-bond acceptors (Lipinski definition) is 3. The van der Waals surface area contributed by atoms with Crippen LogP contribution in [0.5, 0.6) is 0 Å². The molecule has 1 aromatic carbocycles. The standard InChI is InChI=1S/C15H23N3O/c1-4-12-7-5-6-11(2)15(12)18-9-13(8-16)17(3)14(19)10-18/h5-7,13H,4,8-10,16H2,1-3H3. The molecule has 1 amide bonds. The largest absolute Gasteiger partial charge is 0.360 e. The van der Waals surface area contributed by atoms with E-state index >= 15 is 0 Å². The second kappa shape index (κ2) is 5.61. The number of carbonyl (C=O) groups excluding carboxylic acids is 1. The zero-order valence-corrected chi connectivity index (χ0v) is 12.0. The summed E-state index contributed by atoms with van der Waals surface area (Å²) in [6, 6.07) is 6.43. The molecule has 0 radical (unpaired) electrons. The van der Waals surface area contributed by atoms with Crippen molar-refractivity contribution in [2.45, 2.75) is 26.3 Å². The topological polar surface area (TPSA) is 49.6 Å². The van der Waals surface area contributed by atoms with Crippen molar-refractivity contribution in [2.75, 3.05) is 31.6 Å². The van der Waals surface area contributed by atoms with E-state index in [9.17, 15) is 4.79 Å². The van der Waals surface area contributed by atoms with Crippen LogP contribution in [0.3, 0.4) is 0 Å². The molecule has 4 nitrogen and oxygen atoms in total. The van der Waals surface area contributed by atoms with Crippen LogP contribution in [-0.4, -0.2) is 43.5 Å². The summed E-state index contributed by atoms with van der Waals surface area (Å²) in [5.74, 6) is 0.145. The molecule has 2 rings (SSSR count). The number of piperazine rings is 1. The molecule has 1 saturated heterocycles. The number of likely N-dealkylation sites (N-methyl/N-ethyl adjacent to an activating group) is 1. The Morgan fingerprint density at radius 2 is 2.16 bits per heavy atom. The summed E-state index contributed by atoms with van der Waals surface area (Å²) in [6.45, 7) is 6.03. The first-order valence-electron chi connectivity index (χ1n) is 6.87. The van der Waals surface area contributed by atoms with Gasteiger partial charge in [-0.2, -0.15) is 0 Å². The van der Waals surface area contributed by atoms with E-state index in [1.165, 1.54) is 16.8 Å². The third-order valence-corrected chi connectivity index (χ3v) is 3.99. The number of amides is 1. The van der Waals surface area contributed by atoms with Crippen LogP contribution in [0.15, 0.2) is 18.2 Å². The maximum atomic E-state index is 12.1. The summed E-state index contributed by atoms with van der Waals surface area (Å²) in [4.78, 5) is 16.1. The van der Waals surface area contributed by atoms with E-state index < -0.39 is 0 Å². The summed E-state index contributed by atoms with van der Waals surface area (Å²) < 4.78 is 0. The van der Waals surface area contributed by atoms with Gasteiger partial charge in [-0.3, -0.25) is 4.79 Å². The summed E-state index contributed by atoms with van der Waals surface area (Å²) in [5.41, 5.74) is 9.53. The first-order valence-corrected chi connectivity index (χ1v) is 6.87. The van der Waals surface area contributed by atoms with Gasteiger partial charge in [0.1, 0.15) is 0 Å². The van der Waals surface area contributed by atoms with Crippen LogP contribution in [-0.2, 0) is 11.2 Å². The highest BCUT2D eigenvalue weighted by molar-refractivity contribution is 5.84. The third-order valence-electron chi connectivity index (χ3n) is 3.99. The molecule has 1 atom stereocenters. The Morgan fingerprint density at radius 3 is 2.79 bits per heavy atom. The van der Waals surface area contributed by atoms with Crippen molar-refractivity contribution >= 4 is 11.6 Å². The fourth-order valence-electron chi connectivity index (χ4n) is 2.78. The molecule has 1 aromatic rings. The van der Waals surface area contributed by atoms with Gasteiger partial charge >= 0.3 is 0 Å². The van der Waals surface area contributed by atoms with Crippen molar-refractivity contribution < 1.29 is 4.79 Å². The first kappa shape index (κ1) is 13.9. The predicted molar refractivity (Wildman–Crippen MR) is 78.4 cm³/mol. The van der Waals surface area contributed by atoms with E-state index in [4.69, 9.17) is 5.73 Å². The average Bonchev–Trinajstić information content (AvgIpc) is 2.41. The molecule has 0 aromatic heterocycles. The number of nitrogens with two attached hydrogens (primary N) is 1. The van der Waals surface area contributed by atoms with E-state index in [-0.39, 0.29) is 11.9 Å². The highest BCUT2D eigenvalue weighted by Gasteiger charge is 2.30. The molecule has 1 unspecified atom stereocenters. The minimum absolute atomic E-state index is 0.102. The van der Waals surface area contributed by atoms with E-state index in [1.807, 2.05) is 7.05 Å². The number of carbonyl (C=O) groups is 1. The predicted octanol–water partition coefficient (Wildman–Crippen LogP) is 1.16. The molecule has 1 heterocycles. The van der Waals surface area contributed by atoms with Gasteiger partial charge in [-0.1, -0.05) is 25.1 Å². The van der Waals surface area contributed by atoms with Crippen LogP contribution < -0.4 is 10.6 Å². The molecule has 0 bridgehead atoms. The number of anilines is 1. The number of aryl methyl sites for hydroxylation is 2. The number of benzene rings is 1. The maximum Gasteiger partial charge on any atom is 0.242 e. The molecule has 2 N–H and O–H groups in total. The van der Waals surface area contributed by atoms with Crippen molar-refractivity contribution in [2.24, 2.45) is 5.73 Å². The van der Waals surface area contributed by atoms with Crippen LogP contribution in [0.25, 0.3) is 0 Å². The van der Waals surface area contributed by atoms with E-state index in [2.05, 4.69) is 36.9 Å². The highest BCUT2D eigenvalue weighted by Crippen LogP contribution is 2.27. The molecule has 1 fully saturated rings. The van der Waals surface area contributed by atoms with Crippen molar-refractivity contribution in [3.05, 3.63) is 29.3 Å². The van der Waals surface area contributed by atoms with Crippen LogP contribution in [0, 0.1) is 6.92 Å². The SMILES string of the molecule is CCc1cccc(C)c1N1CC(=O)N(C)C(CN)C1. The van der Waals surface area contributed by atoms with Crippen molar-refractivity contribution in [1.82, 2.24) is 4.90 Å². The third kappa shape index (κ3) is 2.59. The monoisotopic (exact) mass is 261 g/mol. The molecule has 0 saturated carbocycles. The summed E-state index contributed by atoms with van der Waals surface area (Å²) >= 11 is 0. The van der Waals surface area contributed by atoms with Gasteiger partial charge in [0, 0.05) is 25.8 Å². The Morgan fingerprint density at radius 1 is 1.42 bits per heavy atom. The quantitative estimate of drug-likeness (QED) is 0.888. The van der Waals surface area contributed by atoms with Crippen LogP contribution in [0.4, 0.5) is 5.69 Å². The lowest BCUT2D eigenvalue weighted by atomic mass is 10.0. The van der Waals surface area contributed by atoms with Crippen molar-refractivity contribution in [3.63, 3.8) is 0 Å². The fraction of sp³-hybridized carbons (Fsp3) is 0.533. The number of para-hydroxylation sites is 1. The minimum Gasteiger partial charge on any atom is -0.360 e. The van der Waals surface area contributed by atoms with E-state index in [0.29, 0.717) is 13.1 Å². The van der Waals surface area contributed by atoms with Gasteiger partial charge in [-0.15, -0.1) is 0 Å². The van der Waals surface area contributed by atoms with Crippen LogP contribution in [0.1, 0.15) is 18.1 Å². The van der Waals surface area contributed by atoms with Gasteiger partial charge in [0.2, 0.25) is 5.91 Å². The normalized spacial score (nSPS) is 20.0. The lowest BCUT2D eigenvalue weighted by molar-refractivity contribution is -0.131. The van der Waals surface area contributed by atoms with Crippen molar-refractivity contribution in [3.8, 4) is 0 Å². The molecule has 0 aliphatic carbocycles. The molecular weight excluding hydrogens is 238 g/mol. The first-order chi connectivity index (χ1) is 9.08. The average molecular weight is 261 g/mol. The molecule has 19 heavy (non-hydrogen) atoms. The Labute approximate surface area is 115 Å². The highest BCUT2D eigenvalue weighted by atomic mass is 16.2. The van der Waals surface area contributed by atoms with Gasteiger partial charge in [0.05, 0.1) is 12.6 Å². The minimum atomic E-state index is 0.102. The number of nitrogens with zero attached hydrogens (tertiary/aromatic N) is 2. The van der Waals surface area contributed by atoms with Crippen LogP contribution >= 0.6 is 0 Å². The smallest absolute Gasteiger partial charge is 0.242 e. The fourth-order valence-corrected chi connectivity index (χ4v) is 2.78. The van der Waals surface area contributed by atoms with Gasteiger partial charge in [0.15, 0.2) is 0 Å². The molecule has 1 aliphatic rings. The van der Waals surface area contributed by atoms with Gasteiger partial charge < -0.3 is 15.5 Å². The zero-order valence-electron chi connectivity index (χ0n) is 12.0. The maximum absolute atomic E-state index is 12.1. The number of rotatable bonds is 3. The van der Waals surface area contributed by atoms with Gasteiger partial charge in [-0.25, -0.2) is 0 Å². The van der Waals surface area contributed by atoms with E-state index in [1.54, 1.807) is 4.90 Å². The molecule has 1 aliphatic heterocycles. The number of hydrogen-bond donors (Lipinski definition) is 1. The lowest BCUT2D eigenvalue weighted by Crippen LogP contribution is -2.57. The Hall–Kier alpha value is -1.55. The second-order valence-corrected chi connectivity index (χ2v) is 5.21. The summed E-state index contributed by atoms with van der Waals surface area (Å²) in [5, 5.41) is 0. The Bertz CT molecular complexity index is 472. The van der Waals surface area contributed by atoms with E-state index in [0.717, 1.165) is 13.0 Å². The summed E-state index contributed by atoms with van der Waals surface area (Å²) in [6.07, 6.45) is 0.977. The lowest BCUT2D eigenvalue weighted by Gasteiger charge is -2.41. The van der Waals surface area contributed by atoms with Crippen molar-refractivity contribution in [1.29, 1.82) is 0 Å². The Balaban J connectivity index is 2.34. The molecule has 4 heteroatoms. The van der Waals surface area contributed by atoms with Gasteiger partial charge in [-0.05, 0) is 24.5 Å². The summed E-state index contributed by atoms with van der Waals surface area (Å²) in [7, 11) is 1.84. The van der Waals surface area contributed by atoms with Crippen LogP contribution in [0.2, 0.25) is 0 Å². The Kier molecular flexibility index (Phi) is 4.10. The van der Waals surface area contributed by atoms with Gasteiger partial charge in [0.25, 0.3) is 0 Å². The second-order valence-electron chi connectivity index (χ2n) is 5.21. The molecule has 104 valence electrons.